The van der Waals surface area contributed by atoms with Crippen molar-refractivity contribution in [1.82, 2.24) is 15.1 Å². The summed E-state index contributed by atoms with van der Waals surface area (Å²) in [5.74, 6) is -2.14. The van der Waals surface area contributed by atoms with Gasteiger partial charge < -0.3 is 15.2 Å². The third-order valence-electron chi connectivity index (χ3n) is 5.48. The van der Waals surface area contributed by atoms with Crippen molar-refractivity contribution in [2.45, 2.75) is 31.5 Å². The number of aliphatic carboxylic acids is 1. The van der Waals surface area contributed by atoms with E-state index in [1.165, 1.54) is 24.3 Å². The Morgan fingerprint density at radius 3 is 2.43 bits per heavy atom. The number of ether oxygens (including phenoxy) is 1. The van der Waals surface area contributed by atoms with E-state index in [2.05, 4.69) is 10.4 Å². The lowest BCUT2D eigenvalue weighted by Crippen LogP contribution is -2.30. The maximum Gasteiger partial charge on any atom is 0.416 e. The lowest BCUT2D eigenvalue weighted by Gasteiger charge is -2.17. The van der Waals surface area contributed by atoms with Crippen LogP contribution in [0.4, 0.5) is 17.6 Å². The number of para-hydroxylation sites is 1. The molecule has 0 aliphatic heterocycles. The predicted molar refractivity (Wildman–Crippen MR) is 116 cm³/mol. The van der Waals surface area contributed by atoms with Crippen LogP contribution in [0.3, 0.4) is 0 Å². The van der Waals surface area contributed by atoms with Gasteiger partial charge in [0.25, 0.3) is 5.91 Å². The van der Waals surface area contributed by atoms with Crippen molar-refractivity contribution < 1.29 is 37.0 Å². The molecule has 1 atom stereocenters. The molecule has 0 saturated heterocycles. The number of carboxylic acids is 1. The Labute approximate surface area is 197 Å². The quantitative estimate of drug-likeness (QED) is 0.421. The standard InChI is InChI=1S/C24H21F4N3O4/c25-17-3-1-2-4-20(17)31-21(35-13-14-5-6-14)11-19(30-31)23(34)29-18(12-22(32)33)15-7-9-16(10-8-15)24(26,27)28/h1-4,7-11,14,18H,5-6,12-13H2,(H,29,34)(H,32,33)/t18-/m0/s1. The highest BCUT2D eigenvalue weighted by molar-refractivity contribution is 5.93. The zero-order valence-electron chi connectivity index (χ0n) is 18.3. The van der Waals surface area contributed by atoms with Gasteiger partial charge in [0, 0.05) is 6.07 Å². The molecule has 0 spiro atoms. The van der Waals surface area contributed by atoms with E-state index < -0.39 is 41.9 Å². The normalized spacial score (nSPS) is 14.4. The van der Waals surface area contributed by atoms with Crippen molar-refractivity contribution in [3.8, 4) is 11.6 Å². The molecule has 3 aromatic rings. The van der Waals surface area contributed by atoms with Crippen molar-refractivity contribution >= 4 is 11.9 Å². The van der Waals surface area contributed by atoms with Crippen LogP contribution in [0.5, 0.6) is 5.88 Å². The average Bonchev–Trinajstić information content (AvgIpc) is 3.54. The molecule has 1 aliphatic rings. The third-order valence-corrected chi connectivity index (χ3v) is 5.48. The van der Waals surface area contributed by atoms with E-state index in [0.29, 0.717) is 12.5 Å². The van der Waals surface area contributed by atoms with Crippen molar-refractivity contribution in [2.75, 3.05) is 6.61 Å². The molecule has 1 saturated carbocycles. The van der Waals surface area contributed by atoms with E-state index >= 15 is 0 Å². The minimum atomic E-state index is -4.56. The average molecular weight is 491 g/mol. The summed E-state index contributed by atoms with van der Waals surface area (Å²) in [6.45, 7) is 0.369. The molecule has 0 radical (unpaired) electrons. The second-order valence-corrected chi connectivity index (χ2v) is 8.23. The van der Waals surface area contributed by atoms with Gasteiger partial charge in [-0.3, -0.25) is 9.59 Å². The van der Waals surface area contributed by atoms with Crippen molar-refractivity contribution in [3.63, 3.8) is 0 Å². The Balaban J connectivity index is 1.60. The molecule has 184 valence electrons. The Bertz CT molecular complexity index is 1220. The van der Waals surface area contributed by atoms with Crippen LogP contribution in [0.1, 0.15) is 46.9 Å². The number of carboxylic acid groups (broad SMARTS) is 1. The highest BCUT2D eigenvalue weighted by Crippen LogP contribution is 2.32. The van der Waals surface area contributed by atoms with Crippen molar-refractivity contribution in [1.29, 1.82) is 0 Å². The fourth-order valence-electron chi connectivity index (χ4n) is 3.43. The van der Waals surface area contributed by atoms with Gasteiger partial charge in [0.2, 0.25) is 5.88 Å². The summed E-state index contributed by atoms with van der Waals surface area (Å²) in [6.07, 6.45) is -3.12. The highest BCUT2D eigenvalue weighted by Gasteiger charge is 2.31. The maximum absolute atomic E-state index is 14.4. The molecule has 1 fully saturated rings. The van der Waals surface area contributed by atoms with Crippen molar-refractivity contribution in [2.24, 2.45) is 5.92 Å². The van der Waals surface area contributed by atoms with Gasteiger partial charge in [-0.15, -0.1) is 0 Å². The van der Waals surface area contributed by atoms with E-state index in [1.54, 1.807) is 6.07 Å². The Morgan fingerprint density at radius 2 is 1.83 bits per heavy atom. The number of aromatic nitrogens is 2. The molecule has 0 unspecified atom stereocenters. The number of carbonyl (C=O) groups excluding carboxylic acids is 1. The van der Waals surface area contributed by atoms with Gasteiger partial charge in [-0.05, 0) is 48.6 Å². The smallest absolute Gasteiger partial charge is 0.416 e. The van der Waals surface area contributed by atoms with Gasteiger partial charge in [-0.1, -0.05) is 24.3 Å². The van der Waals surface area contributed by atoms with Crippen LogP contribution >= 0.6 is 0 Å². The maximum atomic E-state index is 14.4. The molecule has 1 heterocycles. The first-order valence-corrected chi connectivity index (χ1v) is 10.8. The van der Waals surface area contributed by atoms with Crippen LogP contribution in [0.25, 0.3) is 5.69 Å². The van der Waals surface area contributed by atoms with E-state index in [1.807, 2.05) is 0 Å². The number of hydrogen-bond acceptors (Lipinski definition) is 4. The molecule has 2 aromatic carbocycles. The fourth-order valence-corrected chi connectivity index (χ4v) is 3.43. The minimum Gasteiger partial charge on any atom is -0.481 e. The number of hydrogen-bond donors (Lipinski definition) is 2. The Hall–Kier alpha value is -3.89. The predicted octanol–water partition coefficient (Wildman–Crippen LogP) is 4.76. The first-order valence-electron chi connectivity index (χ1n) is 10.8. The fraction of sp³-hybridized carbons (Fsp3) is 0.292. The Morgan fingerprint density at radius 1 is 1.14 bits per heavy atom. The van der Waals surface area contributed by atoms with Crippen molar-refractivity contribution in [3.05, 3.63) is 77.2 Å². The van der Waals surface area contributed by atoms with Crippen LogP contribution in [-0.2, 0) is 11.0 Å². The first-order chi connectivity index (χ1) is 16.6. The van der Waals surface area contributed by atoms with E-state index in [9.17, 15) is 32.3 Å². The van der Waals surface area contributed by atoms with Crippen LogP contribution in [0, 0.1) is 11.7 Å². The third kappa shape index (κ3) is 5.97. The van der Waals surface area contributed by atoms with Crippen LogP contribution in [-0.4, -0.2) is 33.4 Å². The largest absolute Gasteiger partial charge is 0.481 e. The van der Waals surface area contributed by atoms with E-state index in [-0.39, 0.29) is 22.8 Å². The van der Waals surface area contributed by atoms with Gasteiger partial charge in [-0.25, -0.2) is 4.39 Å². The summed E-state index contributed by atoms with van der Waals surface area (Å²) in [7, 11) is 0. The molecule has 0 bridgehead atoms. The number of carbonyl (C=O) groups is 2. The van der Waals surface area contributed by atoms with Gasteiger partial charge >= 0.3 is 12.1 Å². The lowest BCUT2D eigenvalue weighted by atomic mass is 10.0. The van der Waals surface area contributed by atoms with Crippen LogP contribution in [0.2, 0.25) is 0 Å². The molecular weight excluding hydrogens is 470 g/mol. The molecule has 35 heavy (non-hydrogen) atoms. The van der Waals surface area contributed by atoms with E-state index in [4.69, 9.17) is 4.74 Å². The van der Waals surface area contributed by atoms with Gasteiger partial charge in [0.15, 0.2) is 5.69 Å². The summed E-state index contributed by atoms with van der Waals surface area (Å²) < 4.78 is 59.9. The summed E-state index contributed by atoms with van der Waals surface area (Å²) in [6, 6.07) is 9.82. The molecule has 1 amide bonds. The van der Waals surface area contributed by atoms with Crippen LogP contribution in [0.15, 0.2) is 54.6 Å². The summed E-state index contributed by atoms with van der Waals surface area (Å²) >= 11 is 0. The monoisotopic (exact) mass is 491 g/mol. The zero-order chi connectivity index (χ0) is 25.2. The molecule has 1 aromatic heterocycles. The number of benzene rings is 2. The van der Waals surface area contributed by atoms with Gasteiger partial charge in [0.1, 0.15) is 11.5 Å². The summed E-state index contributed by atoms with van der Waals surface area (Å²) in [5.41, 5.74) is -0.834. The number of halogens is 4. The minimum absolute atomic E-state index is 0.0576. The molecule has 7 nitrogen and oxygen atoms in total. The van der Waals surface area contributed by atoms with Crippen LogP contribution < -0.4 is 10.1 Å². The summed E-state index contributed by atoms with van der Waals surface area (Å²) in [5, 5.41) is 15.9. The number of nitrogens with one attached hydrogen (secondary N) is 1. The summed E-state index contributed by atoms with van der Waals surface area (Å²) in [4.78, 5) is 24.3. The number of amides is 1. The number of nitrogens with zero attached hydrogens (tertiary/aromatic N) is 2. The zero-order valence-corrected chi connectivity index (χ0v) is 18.3. The van der Waals surface area contributed by atoms with Gasteiger partial charge in [-0.2, -0.15) is 23.0 Å². The second-order valence-electron chi connectivity index (χ2n) is 8.23. The SMILES string of the molecule is O=C(O)C[C@H](NC(=O)c1cc(OCC2CC2)n(-c2ccccc2F)n1)c1ccc(C(F)(F)F)cc1. The highest BCUT2D eigenvalue weighted by atomic mass is 19.4. The first kappa shape index (κ1) is 24.2. The topological polar surface area (TPSA) is 93.5 Å². The van der Waals surface area contributed by atoms with E-state index in [0.717, 1.165) is 41.8 Å². The number of alkyl halides is 3. The number of rotatable bonds is 9. The Kier molecular flexibility index (Phi) is 6.77. The molecule has 11 heteroatoms. The molecule has 2 N–H and O–H groups in total. The van der Waals surface area contributed by atoms with Gasteiger partial charge in [0.05, 0.1) is 24.6 Å². The molecular formula is C24H21F4N3O4. The second kappa shape index (κ2) is 9.77. The molecule has 4 rings (SSSR count). The lowest BCUT2D eigenvalue weighted by molar-refractivity contribution is -0.138. The molecule has 1 aliphatic carbocycles.